The Hall–Kier alpha value is -3.10. The fraction of sp³-hybridized carbons (Fsp3) is 0.188. The molecule has 0 fully saturated rings. The van der Waals surface area contributed by atoms with Crippen LogP contribution >= 0.6 is 0 Å². The highest BCUT2D eigenvalue weighted by atomic mass is 19.4. The summed E-state index contributed by atoms with van der Waals surface area (Å²) in [5, 5.41) is 10.7. The van der Waals surface area contributed by atoms with E-state index in [-0.39, 0.29) is 18.1 Å². The Bertz CT molecular complexity index is 897. The average molecular weight is 349 g/mol. The molecule has 25 heavy (non-hydrogen) atoms. The molecule has 0 atom stereocenters. The number of amides is 1. The SMILES string of the molecule is Cn1ccc(C(=O)Nc2cnn(Cc3cccc(C(F)(F)F)c3)c2)n1. The van der Waals surface area contributed by atoms with Crippen molar-refractivity contribution in [3.8, 4) is 0 Å². The number of halogens is 3. The van der Waals surface area contributed by atoms with Crippen LogP contribution in [-0.4, -0.2) is 25.5 Å². The van der Waals surface area contributed by atoms with Gasteiger partial charge in [-0.2, -0.15) is 23.4 Å². The molecule has 0 aliphatic rings. The zero-order valence-electron chi connectivity index (χ0n) is 13.2. The Labute approximate surface area is 140 Å². The number of carbonyl (C=O) groups is 1. The zero-order valence-corrected chi connectivity index (χ0v) is 13.2. The Kier molecular flexibility index (Phi) is 4.30. The molecule has 0 saturated heterocycles. The van der Waals surface area contributed by atoms with Crippen LogP contribution < -0.4 is 5.32 Å². The van der Waals surface area contributed by atoms with E-state index in [0.29, 0.717) is 11.3 Å². The molecule has 0 radical (unpaired) electrons. The van der Waals surface area contributed by atoms with Gasteiger partial charge in [0.25, 0.3) is 5.91 Å². The Morgan fingerprint density at radius 3 is 2.76 bits per heavy atom. The van der Waals surface area contributed by atoms with Crippen molar-refractivity contribution in [3.05, 3.63) is 65.7 Å². The van der Waals surface area contributed by atoms with Crippen molar-refractivity contribution >= 4 is 11.6 Å². The number of hydrogen-bond acceptors (Lipinski definition) is 3. The number of rotatable bonds is 4. The average Bonchev–Trinajstić information content (AvgIpc) is 3.16. The second-order valence-electron chi connectivity index (χ2n) is 5.45. The summed E-state index contributed by atoms with van der Waals surface area (Å²) < 4.78 is 41.2. The van der Waals surface area contributed by atoms with Crippen LogP contribution in [0.2, 0.25) is 0 Å². The molecule has 0 spiro atoms. The van der Waals surface area contributed by atoms with Crippen LogP contribution in [0.5, 0.6) is 0 Å². The monoisotopic (exact) mass is 349 g/mol. The summed E-state index contributed by atoms with van der Waals surface area (Å²) in [6.07, 6.45) is 0.226. The van der Waals surface area contributed by atoms with E-state index in [1.54, 1.807) is 31.6 Å². The van der Waals surface area contributed by atoms with Crippen LogP contribution in [0.25, 0.3) is 0 Å². The maximum absolute atomic E-state index is 12.7. The standard InChI is InChI=1S/C16H14F3N5O/c1-23-6-5-14(22-23)15(25)21-13-8-20-24(10-13)9-11-3-2-4-12(7-11)16(17,18)19/h2-8,10H,9H2,1H3,(H,21,25). The molecule has 1 N–H and O–H groups in total. The number of aryl methyl sites for hydroxylation is 1. The number of carbonyl (C=O) groups excluding carboxylic acids is 1. The summed E-state index contributed by atoms with van der Waals surface area (Å²) in [6, 6.07) is 6.61. The molecule has 3 rings (SSSR count). The maximum atomic E-state index is 12.7. The van der Waals surface area contributed by atoms with Gasteiger partial charge in [-0.1, -0.05) is 12.1 Å². The van der Waals surface area contributed by atoms with Gasteiger partial charge in [-0.15, -0.1) is 0 Å². The van der Waals surface area contributed by atoms with Crippen LogP contribution in [0.4, 0.5) is 18.9 Å². The zero-order chi connectivity index (χ0) is 18.0. The molecular weight excluding hydrogens is 335 g/mol. The maximum Gasteiger partial charge on any atom is 0.416 e. The lowest BCUT2D eigenvalue weighted by atomic mass is 10.1. The lowest BCUT2D eigenvalue weighted by Crippen LogP contribution is -2.12. The Morgan fingerprint density at radius 1 is 1.28 bits per heavy atom. The molecule has 1 aromatic carbocycles. The predicted octanol–water partition coefficient (Wildman–Crippen LogP) is 2.94. The molecule has 9 heteroatoms. The molecule has 0 unspecified atom stereocenters. The topological polar surface area (TPSA) is 64.7 Å². The number of benzene rings is 1. The van der Waals surface area contributed by atoms with Crippen molar-refractivity contribution in [1.82, 2.24) is 19.6 Å². The van der Waals surface area contributed by atoms with E-state index in [1.807, 2.05) is 0 Å². The van der Waals surface area contributed by atoms with E-state index in [0.717, 1.165) is 12.1 Å². The molecule has 0 aliphatic carbocycles. The van der Waals surface area contributed by atoms with E-state index >= 15 is 0 Å². The van der Waals surface area contributed by atoms with Crippen molar-refractivity contribution in [2.45, 2.75) is 12.7 Å². The largest absolute Gasteiger partial charge is 0.416 e. The number of aromatic nitrogens is 4. The first-order chi connectivity index (χ1) is 11.8. The third kappa shape index (κ3) is 4.06. The molecule has 130 valence electrons. The summed E-state index contributed by atoms with van der Waals surface area (Å²) in [5.41, 5.74) is 0.442. The number of alkyl halides is 3. The number of hydrogen-bond donors (Lipinski definition) is 1. The van der Waals surface area contributed by atoms with Crippen molar-refractivity contribution in [2.24, 2.45) is 7.05 Å². The number of nitrogens with one attached hydrogen (secondary N) is 1. The first-order valence-corrected chi connectivity index (χ1v) is 7.31. The highest BCUT2D eigenvalue weighted by Gasteiger charge is 2.30. The fourth-order valence-corrected chi connectivity index (χ4v) is 2.28. The van der Waals surface area contributed by atoms with Gasteiger partial charge in [-0.25, -0.2) is 0 Å². The summed E-state index contributed by atoms with van der Waals surface area (Å²) in [6.45, 7) is 0.156. The predicted molar refractivity (Wildman–Crippen MR) is 83.9 cm³/mol. The smallest absolute Gasteiger partial charge is 0.318 e. The Morgan fingerprint density at radius 2 is 2.08 bits per heavy atom. The quantitative estimate of drug-likeness (QED) is 0.788. The molecule has 1 amide bonds. The van der Waals surface area contributed by atoms with Crippen LogP contribution in [0, 0.1) is 0 Å². The summed E-state index contributed by atoms with van der Waals surface area (Å²) >= 11 is 0. The molecule has 0 aliphatic heterocycles. The summed E-state index contributed by atoms with van der Waals surface area (Å²) in [7, 11) is 1.70. The van der Waals surface area contributed by atoms with Crippen molar-refractivity contribution in [1.29, 1.82) is 0 Å². The van der Waals surface area contributed by atoms with E-state index < -0.39 is 11.7 Å². The molecule has 0 saturated carbocycles. The highest BCUT2D eigenvalue weighted by Crippen LogP contribution is 2.29. The van der Waals surface area contributed by atoms with Gasteiger partial charge in [0.1, 0.15) is 0 Å². The number of nitrogens with zero attached hydrogens (tertiary/aromatic N) is 4. The van der Waals surface area contributed by atoms with Crippen molar-refractivity contribution in [2.75, 3.05) is 5.32 Å². The van der Waals surface area contributed by atoms with E-state index in [4.69, 9.17) is 0 Å². The van der Waals surface area contributed by atoms with Gasteiger partial charge in [0.2, 0.25) is 0 Å². The highest BCUT2D eigenvalue weighted by molar-refractivity contribution is 6.02. The fourth-order valence-electron chi connectivity index (χ4n) is 2.28. The Balaban J connectivity index is 1.69. The number of anilines is 1. The molecule has 2 aromatic heterocycles. The van der Waals surface area contributed by atoms with Gasteiger partial charge in [-0.05, 0) is 23.8 Å². The molecule has 6 nitrogen and oxygen atoms in total. The molecular formula is C16H14F3N5O. The lowest BCUT2D eigenvalue weighted by Gasteiger charge is -2.08. The molecule has 2 heterocycles. The minimum absolute atomic E-state index is 0.156. The van der Waals surface area contributed by atoms with Crippen molar-refractivity contribution < 1.29 is 18.0 Å². The van der Waals surface area contributed by atoms with Gasteiger partial charge in [-0.3, -0.25) is 14.2 Å². The molecule has 0 bridgehead atoms. The first-order valence-electron chi connectivity index (χ1n) is 7.31. The minimum atomic E-state index is -4.39. The second kappa shape index (κ2) is 6.42. The van der Waals surface area contributed by atoms with Crippen molar-refractivity contribution in [3.63, 3.8) is 0 Å². The van der Waals surface area contributed by atoms with E-state index in [9.17, 15) is 18.0 Å². The third-order valence-electron chi connectivity index (χ3n) is 3.44. The summed E-state index contributed by atoms with van der Waals surface area (Å²) in [5.74, 6) is -0.390. The van der Waals surface area contributed by atoms with Gasteiger partial charge >= 0.3 is 6.18 Å². The first kappa shape index (κ1) is 16.7. The van der Waals surface area contributed by atoms with Gasteiger partial charge in [0.05, 0.1) is 24.0 Å². The van der Waals surface area contributed by atoms with Gasteiger partial charge < -0.3 is 5.32 Å². The normalized spacial score (nSPS) is 11.5. The van der Waals surface area contributed by atoms with Crippen LogP contribution in [0.1, 0.15) is 21.6 Å². The minimum Gasteiger partial charge on any atom is -0.318 e. The molecule has 3 aromatic rings. The van der Waals surface area contributed by atoms with Gasteiger partial charge in [0, 0.05) is 19.4 Å². The van der Waals surface area contributed by atoms with E-state index in [2.05, 4.69) is 15.5 Å². The van der Waals surface area contributed by atoms with Crippen LogP contribution in [-0.2, 0) is 19.8 Å². The van der Waals surface area contributed by atoms with E-state index in [1.165, 1.54) is 21.6 Å². The van der Waals surface area contributed by atoms with Crippen LogP contribution in [0.3, 0.4) is 0 Å². The summed E-state index contributed by atoms with van der Waals surface area (Å²) in [4.78, 5) is 12.0. The third-order valence-corrected chi connectivity index (χ3v) is 3.44. The second-order valence-corrected chi connectivity index (χ2v) is 5.45. The van der Waals surface area contributed by atoms with Gasteiger partial charge in [0.15, 0.2) is 5.69 Å². The lowest BCUT2D eigenvalue weighted by molar-refractivity contribution is -0.137. The van der Waals surface area contributed by atoms with Crippen LogP contribution in [0.15, 0.2) is 48.9 Å².